The summed E-state index contributed by atoms with van der Waals surface area (Å²) >= 11 is 0. The van der Waals surface area contributed by atoms with Crippen LogP contribution in [0.25, 0.3) is 0 Å². The second-order valence-corrected chi connectivity index (χ2v) is 5.31. The Morgan fingerprint density at radius 1 is 1.10 bits per heavy atom. The minimum Gasteiger partial charge on any atom is -0.497 e. The van der Waals surface area contributed by atoms with Crippen LogP contribution in [0.3, 0.4) is 0 Å². The lowest BCUT2D eigenvalue weighted by Gasteiger charge is -2.16. The van der Waals surface area contributed by atoms with Gasteiger partial charge in [0.1, 0.15) is 5.75 Å². The summed E-state index contributed by atoms with van der Waals surface area (Å²) in [6.45, 7) is 7.35. The maximum atomic E-state index is 5.27. The molecule has 0 spiro atoms. The molecule has 0 aliphatic rings. The Morgan fingerprint density at radius 2 is 1.90 bits per heavy atom. The van der Waals surface area contributed by atoms with Crippen molar-refractivity contribution in [2.45, 2.75) is 33.4 Å². The van der Waals surface area contributed by atoms with E-state index in [9.17, 15) is 0 Å². The van der Waals surface area contributed by atoms with Gasteiger partial charge in [0.2, 0.25) is 0 Å². The third-order valence-corrected chi connectivity index (χ3v) is 3.70. The van der Waals surface area contributed by atoms with Gasteiger partial charge in [0.25, 0.3) is 0 Å². The minimum absolute atomic E-state index is 0.296. The monoisotopic (exact) mass is 269 g/mol. The number of hydrogen-bond donors (Lipinski definition) is 1. The first kappa shape index (κ1) is 14.6. The van der Waals surface area contributed by atoms with E-state index >= 15 is 0 Å². The van der Waals surface area contributed by atoms with Crippen molar-refractivity contribution in [1.82, 2.24) is 5.32 Å². The molecule has 0 bridgehead atoms. The van der Waals surface area contributed by atoms with E-state index in [0.29, 0.717) is 6.04 Å². The highest BCUT2D eigenvalue weighted by atomic mass is 16.5. The summed E-state index contributed by atoms with van der Waals surface area (Å²) in [5.41, 5.74) is 5.25. The number of nitrogens with one attached hydrogen (secondary N) is 1. The summed E-state index contributed by atoms with van der Waals surface area (Å²) in [6.07, 6.45) is 0. The van der Waals surface area contributed by atoms with Gasteiger partial charge in [-0.15, -0.1) is 0 Å². The highest BCUT2D eigenvalue weighted by Gasteiger charge is 2.07. The van der Waals surface area contributed by atoms with Crippen molar-refractivity contribution < 1.29 is 4.74 Å². The highest BCUT2D eigenvalue weighted by Crippen LogP contribution is 2.19. The summed E-state index contributed by atoms with van der Waals surface area (Å²) < 4.78 is 5.27. The lowest BCUT2D eigenvalue weighted by atomic mass is 10.0. The zero-order valence-electron chi connectivity index (χ0n) is 12.7. The van der Waals surface area contributed by atoms with Gasteiger partial charge >= 0.3 is 0 Å². The van der Waals surface area contributed by atoms with E-state index in [4.69, 9.17) is 4.74 Å². The molecule has 2 aromatic rings. The van der Waals surface area contributed by atoms with Crippen LogP contribution in [0.5, 0.6) is 5.75 Å². The largest absolute Gasteiger partial charge is 0.497 e. The number of methoxy groups -OCH3 is 1. The highest BCUT2D eigenvalue weighted by molar-refractivity contribution is 5.32. The van der Waals surface area contributed by atoms with E-state index in [1.165, 1.54) is 22.3 Å². The van der Waals surface area contributed by atoms with E-state index in [2.05, 4.69) is 56.4 Å². The predicted molar refractivity (Wildman–Crippen MR) is 84.2 cm³/mol. The van der Waals surface area contributed by atoms with Crippen LogP contribution in [0.2, 0.25) is 0 Å². The van der Waals surface area contributed by atoms with Gasteiger partial charge in [-0.1, -0.05) is 35.9 Å². The summed E-state index contributed by atoms with van der Waals surface area (Å²) in [5.74, 6) is 0.905. The molecule has 106 valence electrons. The Kier molecular flexibility index (Phi) is 4.80. The smallest absolute Gasteiger partial charge is 0.119 e. The van der Waals surface area contributed by atoms with E-state index in [1.807, 2.05) is 12.1 Å². The molecular weight excluding hydrogens is 246 g/mol. The van der Waals surface area contributed by atoms with Crippen LogP contribution in [0, 0.1) is 13.8 Å². The predicted octanol–water partition coefficient (Wildman–Crippen LogP) is 4.16. The lowest BCUT2D eigenvalue weighted by Crippen LogP contribution is -2.18. The van der Waals surface area contributed by atoms with Crippen molar-refractivity contribution in [3.05, 3.63) is 64.7 Å². The normalized spacial score (nSPS) is 12.2. The average molecular weight is 269 g/mol. The molecule has 20 heavy (non-hydrogen) atoms. The molecule has 1 atom stereocenters. The van der Waals surface area contributed by atoms with Crippen molar-refractivity contribution in [3.8, 4) is 5.75 Å². The standard InChI is InChI=1S/C18H23NO/c1-13-8-9-14(2)17(10-13)12-19-15(3)16-6-5-7-18(11-16)20-4/h5-11,15,19H,12H2,1-4H3/t15-/m1/s1. The topological polar surface area (TPSA) is 21.3 Å². The van der Waals surface area contributed by atoms with Crippen LogP contribution in [0.4, 0.5) is 0 Å². The Hall–Kier alpha value is -1.80. The summed E-state index contributed by atoms with van der Waals surface area (Å²) in [6, 6.07) is 15.1. The Labute approximate surface area is 121 Å². The van der Waals surface area contributed by atoms with Crippen LogP contribution in [0.1, 0.15) is 35.2 Å². The van der Waals surface area contributed by atoms with Gasteiger partial charge in [0.05, 0.1) is 7.11 Å². The van der Waals surface area contributed by atoms with Gasteiger partial charge in [0.15, 0.2) is 0 Å². The molecule has 0 amide bonds. The molecule has 0 aromatic heterocycles. The average Bonchev–Trinajstić information content (AvgIpc) is 2.48. The minimum atomic E-state index is 0.296. The van der Waals surface area contributed by atoms with Gasteiger partial charge in [-0.05, 0) is 49.6 Å². The molecule has 1 N–H and O–H groups in total. The molecule has 0 aliphatic carbocycles. The van der Waals surface area contributed by atoms with Crippen LogP contribution < -0.4 is 10.1 Å². The van der Waals surface area contributed by atoms with Gasteiger partial charge in [0, 0.05) is 12.6 Å². The van der Waals surface area contributed by atoms with E-state index in [1.54, 1.807) is 7.11 Å². The number of hydrogen-bond acceptors (Lipinski definition) is 2. The van der Waals surface area contributed by atoms with Crippen LogP contribution in [-0.4, -0.2) is 7.11 Å². The number of benzene rings is 2. The fourth-order valence-electron chi connectivity index (χ4n) is 2.28. The van der Waals surface area contributed by atoms with Crippen molar-refractivity contribution in [1.29, 1.82) is 0 Å². The van der Waals surface area contributed by atoms with Crippen molar-refractivity contribution in [3.63, 3.8) is 0 Å². The molecule has 2 nitrogen and oxygen atoms in total. The second kappa shape index (κ2) is 6.58. The molecule has 0 fully saturated rings. The van der Waals surface area contributed by atoms with Gasteiger partial charge < -0.3 is 10.1 Å². The van der Waals surface area contributed by atoms with Gasteiger partial charge in [-0.25, -0.2) is 0 Å². The molecule has 0 aliphatic heterocycles. The molecular formula is C18H23NO. The zero-order valence-corrected chi connectivity index (χ0v) is 12.7. The molecule has 0 unspecified atom stereocenters. The molecule has 0 heterocycles. The fraction of sp³-hybridized carbons (Fsp3) is 0.333. The van der Waals surface area contributed by atoms with E-state index < -0.39 is 0 Å². The first-order valence-corrected chi connectivity index (χ1v) is 7.03. The number of aryl methyl sites for hydroxylation is 2. The van der Waals surface area contributed by atoms with E-state index in [-0.39, 0.29) is 0 Å². The molecule has 2 aromatic carbocycles. The molecule has 0 saturated heterocycles. The Morgan fingerprint density at radius 3 is 2.65 bits per heavy atom. The Balaban J connectivity index is 2.04. The summed E-state index contributed by atoms with van der Waals surface area (Å²) in [7, 11) is 1.70. The number of rotatable bonds is 5. The van der Waals surface area contributed by atoms with Gasteiger partial charge in [-0.2, -0.15) is 0 Å². The van der Waals surface area contributed by atoms with Crippen molar-refractivity contribution in [2.24, 2.45) is 0 Å². The third-order valence-electron chi connectivity index (χ3n) is 3.70. The zero-order chi connectivity index (χ0) is 14.5. The summed E-state index contributed by atoms with van der Waals surface area (Å²) in [5, 5.41) is 3.58. The molecule has 0 saturated carbocycles. The molecule has 2 rings (SSSR count). The molecule has 0 radical (unpaired) electrons. The lowest BCUT2D eigenvalue weighted by molar-refractivity contribution is 0.413. The number of ether oxygens (including phenoxy) is 1. The molecule has 2 heteroatoms. The first-order valence-electron chi connectivity index (χ1n) is 7.03. The van der Waals surface area contributed by atoms with E-state index in [0.717, 1.165) is 12.3 Å². The third kappa shape index (κ3) is 3.61. The van der Waals surface area contributed by atoms with Crippen LogP contribution >= 0.6 is 0 Å². The van der Waals surface area contributed by atoms with Crippen molar-refractivity contribution in [2.75, 3.05) is 7.11 Å². The second-order valence-electron chi connectivity index (χ2n) is 5.31. The van der Waals surface area contributed by atoms with Crippen LogP contribution in [0.15, 0.2) is 42.5 Å². The first-order chi connectivity index (χ1) is 9.60. The fourth-order valence-corrected chi connectivity index (χ4v) is 2.28. The quantitative estimate of drug-likeness (QED) is 0.880. The maximum absolute atomic E-state index is 5.27. The SMILES string of the molecule is COc1cccc([C@@H](C)NCc2cc(C)ccc2C)c1. The van der Waals surface area contributed by atoms with Gasteiger partial charge in [-0.3, -0.25) is 0 Å². The van der Waals surface area contributed by atoms with Crippen molar-refractivity contribution >= 4 is 0 Å². The summed E-state index contributed by atoms with van der Waals surface area (Å²) in [4.78, 5) is 0. The maximum Gasteiger partial charge on any atom is 0.119 e. The van der Waals surface area contributed by atoms with Crippen LogP contribution in [-0.2, 0) is 6.54 Å². The Bertz CT molecular complexity index is 577.